The van der Waals surface area contributed by atoms with Crippen LogP contribution in [0, 0.1) is 13.8 Å². The Morgan fingerprint density at radius 1 is 1.00 bits per heavy atom. The first kappa shape index (κ1) is 19.4. The monoisotopic (exact) mass is 405 g/mol. The zero-order valence-electron chi connectivity index (χ0n) is 16.4. The number of aryl methyl sites for hydroxylation is 1. The zero-order chi connectivity index (χ0) is 21.4. The van der Waals surface area contributed by atoms with Gasteiger partial charge in [-0.3, -0.25) is 4.79 Å². The molecule has 0 aliphatic carbocycles. The molecule has 2 N–H and O–H groups in total. The number of carbonyl (C=O) groups excluding carboxylic acids is 1. The van der Waals surface area contributed by atoms with E-state index in [4.69, 9.17) is 8.83 Å². The van der Waals surface area contributed by atoms with E-state index in [1.807, 2.05) is 13.0 Å². The molecule has 2 aromatic heterocycles. The molecule has 2 aromatic carbocycles. The Morgan fingerprint density at radius 3 is 2.47 bits per heavy atom. The number of hydrogen-bond acceptors (Lipinski definition) is 5. The van der Waals surface area contributed by atoms with Crippen LogP contribution in [0.25, 0.3) is 21.9 Å². The summed E-state index contributed by atoms with van der Waals surface area (Å²) in [6.07, 6.45) is 2.11. The highest BCUT2D eigenvalue weighted by molar-refractivity contribution is 6.04. The number of benzene rings is 2. The molecule has 0 bridgehead atoms. The van der Waals surface area contributed by atoms with E-state index >= 15 is 0 Å². The molecule has 7 heteroatoms. The number of carboxylic acids is 1. The van der Waals surface area contributed by atoms with Crippen molar-refractivity contribution in [3.8, 4) is 0 Å². The molecule has 2 heterocycles. The highest BCUT2D eigenvalue weighted by atomic mass is 16.4. The lowest BCUT2D eigenvalue weighted by Gasteiger charge is -2.07. The fraction of sp³-hybridized carbons (Fsp3) is 0.174. The van der Waals surface area contributed by atoms with Crippen molar-refractivity contribution in [2.24, 2.45) is 0 Å². The standard InChI is InChI=1S/C23H19NO6/c1-12-13(2)23(28)30-20-10-19-18(9-17(12)20)14(11-29-19)7-8-24-21(25)15-5-3-4-6-16(15)22(26)27/h3-6,9-11H,7-8H2,1-2H3,(H,24,25)(H,26,27). The SMILES string of the molecule is Cc1c(C)c2cc3c(CCNC(=O)c4ccccc4C(=O)O)coc3cc2oc1=O. The highest BCUT2D eigenvalue weighted by Gasteiger charge is 2.16. The Labute approximate surface area is 170 Å². The maximum absolute atomic E-state index is 12.4. The lowest BCUT2D eigenvalue weighted by Crippen LogP contribution is -2.27. The van der Waals surface area contributed by atoms with Gasteiger partial charge in [0, 0.05) is 28.9 Å². The maximum Gasteiger partial charge on any atom is 0.339 e. The van der Waals surface area contributed by atoms with Crippen LogP contribution in [0.4, 0.5) is 0 Å². The van der Waals surface area contributed by atoms with Crippen LogP contribution in [-0.4, -0.2) is 23.5 Å². The number of carboxylic acid groups (broad SMARTS) is 1. The van der Waals surface area contributed by atoms with Crippen molar-refractivity contribution < 1.29 is 23.5 Å². The Morgan fingerprint density at radius 2 is 1.73 bits per heavy atom. The molecule has 1 amide bonds. The first-order chi connectivity index (χ1) is 14.4. The molecule has 0 saturated heterocycles. The minimum atomic E-state index is -1.15. The Balaban J connectivity index is 1.57. The van der Waals surface area contributed by atoms with Crippen molar-refractivity contribution in [3.05, 3.63) is 80.9 Å². The van der Waals surface area contributed by atoms with Gasteiger partial charge >= 0.3 is 11.6 Å². The van der Waals surface area contributed by atoms with E-state index in [9.17, 15) is 19.5 Å². The number of rotatable bonds is 5. The van der Waals surface area contributed by atoms with Gasteiger partial charge in [0.2, 0.25) is 0 Å². The molecule has 0 radical (unpaired) electrons. The first-order valence-corrected chi connectivity index (χ1v) is 9.41. The number of nitrogens with one attached hydrogen (secondary N) is 1. The number of fused-ring (bicyclic) bond motifs is 2. The van der Waals surface area contributed by atoms with Crippen LogP contribution in [0.3, 0.4) is 0 Å². The van der Waals surface area contributed by atoms with Crippen LogP contribution in [0.2, 0.25) is 0 Å². The second-order valence-electron chi connectivity index (χ2n) is 7.10. The van der Waals surface area contributed by atoms with Gasteiger partial charge in [0.05, 0.1) is 17.4 Å². The normalized spacial score (nSPS) is 11.1. The Hall–Kier alpha value is -3.87. The van der Waals surface area contributed by atoms with Crippen molar-refractivity contribution in [1.29, 1.82) is 0 Å². The lowest BCUT2D eigenvalue weighted by atomic mass is 10.0. The van der Waals surface area contributed by atoms with Crippen LogP contribution >= 0.6 is 0 Å². The summed E-state index contributed by atoms with van der Waals surface area (Å²) in [4.78, 5) is 35.6. The van der Waals surface area contributed by atoms with Gasteiger partial charge in [-0.1, -0.05) is 12.1 Å². The fourth-order valence-electron chi connectivity index (χ4n) is 3.48. The van der Waals surface area contributed by atoms with E-state index < -0.39 is 11.9 Å². The average Bonchev–Trinajstić information content (AvgIpc) is 3.12. The molecule has 0 saturated carbocycles. The minimum Gasteiger partial charge on any atom is -0.478 e. The Kier molecular flexibility index (Phi) is 4.87. The van der Waals surface area contributed by atoms with E-state index in [-0.39, 0.29) is 16.8 Å². The summed E-state index contributed by atoms with van der Waals surface area (Å²) in [5.41, 5.74) is 3.08. The molecule has 0 fully saturated rings. The van der Waals surface area contributed by atoms with E-state index in [0.717, 1.165) is 21.9 Å². The van der Waals surface area contributed by atoms with Crippen molar-refractivity contribution in [2.45, 2.75) is 20.3 Å². The molecular formula is C23H19NO6. The van der Waals surface area contributed by atoms with Gasteiger partial charge < -0.3 is 19.3 Å². The Bertz CT molecular complexity index is 1360. The van der Waals surface area contributed by atoms with Crippen molar-refractivity contribution >= 4 is 33.8 Å². The number of amides is 1. The van der Waals surface area contributed by atoms with Crippen molar-refractivity contribution in [3.63, 3.8) is 0 Å². The van der Waals surface area contributed by atoms with E-state index in [2.05, 4.69) is 5.32 Å². The lowest BCUT2D eigenvalue weighted by molar-refractivity contribution is 0.0691. The highest BCUT2D eigenvalue weighted by Crippen LogP contribution is 2.29. The van der Waals surface area contributed by atoms with Crippen molar-refractivity contribution in [1.82, 2.24) is 5.32 Å². The summed E-state index contributed by atoms with van der Waals surface area (Å²) >= 11 is 0. The summed E-state index contributed by atoms with van der Waals surface area (Å²) in [6, 6.07) is 9.71. The predicted molar refractivity (Wildman–Crippen MR) is 111 cm³/mol. The quantitative estimate of drug-likeness (QED) is 0.489. The van der Waals surface area contributed by atoms with Gasteiger partial charge in [0.25, 0.3) is 5.91 Å². The van der Waals surface area contributed by atoms with Crippen LogP contribution in [0.15, 0.2) is 56.3 Å². The van der Waals surface area contributed by atoms with Crippen LogP contribution in [-0.2, 0) is 6.42 Å². The van der Waals surface area contributed by atoms with Gasteiger partial charge in [-0.2, -0.15) is 0 Å². The first-order valence-electron chi connectivity index (χ1n) is 9.41. The summed E-state index contributed by atoms with van der Waals surface area (Å²) < 4.78 is 11.0. The second-order valence-corrected chi connectivity index (χ2v) is 7.10. The largest absolute Gasteiger partial charge is 0.478 e. The third kappa shape index (κ3) is 3.34. The van der Waals surface area contributed by atoms with Crippen LogP contribution in [0.1, 0.15) is 37.4 Å². The van der Waals surface area contributed by atoms with E-state index in [1.54, 1.807) is 31.4 Å². The van der Waals surface area contributed by atoms with Crippen LogP contribution in [0.5, 0.6) is 0 Å². The van der Waals surface area contributed by atoms with Gasteiger partial charge in [-0.05, 0) is 49.6 Å². The predicted octanol–water partition coefficient (Wildman–Crippen LogP) is 3.83. The van der Waals surface area contributed by atoms with E-state index in [0.29, 0.717) is 29.7 Å². The second kappa shape index (κ2) is 7.51. The molecule has 152 valence electrons. The average molecular weight is 405 g/mol. The summed E-state index contributed by atoms with van der Waals surface area (Å²) in [7, 11) is 0. The van der Waals surface area contributed by atoms with Gasteiger partial charge in [0.15, 0.2) is 0 Å². The van der Waals surface area contributed by atoms with Gasteiger partial charge in [-0.25, -0.2) is 9.59 Å². The topological polar surface area (TPSA) is 110 Å². The third-order valence-corrected chi connectivity index (χ3v) is 5.31. The molecule has 0 atom stereocenters. The molecule has 7 nitrogen and oxygen atoms in total. The molecular weight excluding hydrogens is 386 g/mol. The van der Waals surface area contributed by atoms with E-state index in [1.165, 1.54) is 12.1 Å². The molecule has 30 heavy (non-hydrogen) atoms. The summed E-state index contributed by atoms with van der Waals surface area (Å²) in [5.74, 6) is -1.59. The number of furan rings is 1. The molecule has 0 unspecified atom stereocenters. The molecule has 0 aliphatic rings. The number of aromatic carboxylic acids is 1. The smallest absolute Gasteiger partial charge is 0.339 e. The number of hydrogen-bond donors (Lipinski definition) is 2. The minimum absolute atomic E-state index is 0.0393. The molecule has 0 aliphatic heterocycles. The van der Waals surface area contributed by atoms with Gasteiger partial charge in [-0.15, -0.1) is 0 Å². The number of carbonyl (C=O) groups is 2. The summed E-state index contributed by atoms with van der Waals surface area (Å²) in [5, 5.41) is 13.7. The third-order valence-electron chi connectivity index (χ3n) is 5.31. The fourth-order valence-corrected chi connectivity index (χ4v) is 3.48. The molecule has 4 rings (SSSR count). The van der Waals surface area contributed by atoms with Crippen molar-refractivity contribution in [2.75, 3.05) is 6.54 Å². The van der Waals surface area contributed by atoms with Gasteiger partial charge in [0.1, 0.15) is 11.2 Å². The summed E-state index contributed by atoms with van der Waals surface area (Å²) in [6.45, 7) is 3.91. The maximum atomic E-state index is 12.4. The zero-order valence-corrected chi connectivity index (χ0v) is 16.4. The van der Waals surface area contributed by atoms with Crippen LogP contribution < -0.4 is 10.9 Å². The molecule has 4 aromatic rings. The molecule has 0 spiro atoms.